The third kappa shape index (κ3) is 2.63. The molecule has 0 unspecified atom stereocenters. The highest BCUT2D eigenvalue weighted by atomic mass is 19.1. The molecule has 2 rings (SSSR count). The van der Waals surface area contributed by atoms with E-state index in [9.17, 15) is 9.18 Å². The highest BCUT2D eigenvalue weighted by Crippen LogP contribution is 2.00. The lowest BCUT2D eigenvalue weighted by atomic mass is 10.2. The average Bonchev–Trinajstić information content (AvgIpc) is 2.72. The molecule has 0 spiro atoms. The molecule has 17 heavy (non-hydrogen) atoms. The van der Waals surface area contributed by atoms with Crippen LogP contribution >= 0.6 is 0 Å². The van der Waals surface area contributed by atoms with E-state index in [1.807, 2.05) is 0 Å². The van der Waals surface area contributed by atoms with Crippen molar-refractivity contribution in [3.63, 3.8) is 0 Å². The van der Waals surface area contributed by atoms with Gasteiger partial charge in [-0.1, -0.05) is 0 Å². The molecule has 7 heteroatoms. The minimum Gasteiger partial charge on any atom is -0.345 e. The minimum absolute atomic E-state index is 0.222. The standard InChI is InChI=1S/C10H10FN5O/c1-16-6-14-15-9(16)5-13-10(17)7-2-3-12-8(11)4-7/h2-4,6H,5H2,1H3,(H,13,17). The van der Waals surface area contributed by atoms with Crippen LogP contribution in [-0.2, 0) is 13.6 Å². The van der Waals surface area contributed by atoms with E-state index in [1.54, 1.807) is 11.6 Å². The summed E-state index contributed by atoms with van der Waals surface area (Å²) in [5.41, 5.74) is 0.222. The van der Waals surface area contributed by atoms with Crippen LogP contribution in [0.15, 0.2) is 24.7 Å². The molecule has 88 valence electrons. The second-order valence-electron chi connectivity index (χ2n) is 3.41. The van der Waals surface area contributed by atoms with Gasteiger partial charge < -0.3 is 9.88 Å². The number of carbonyl (C=O) groups excluding carboxylic acids is 1. The predicted octanol–water partition coefficient (Wildman–Crippen LogP) is 0.279. The van der Waals surface area contributed by atoms with Gasteiger partial charge >= 0.3 is 0 Å². The number of carbonyl (C=O) groups is 1. The summed E-state index contributed by atoms with van der Waals surface area (Å²) in [6, 6.07) is 2.51. The SMILES string of the molecule is Cn1cnnc1CNC(=O)c1ccnc(F)c1. The number of hydrogen-bond donors (Lipinski definition) is 1. The Hall–Kier alpha value is -2.31. The number of nitrogens with one attached hydrogen (secondary N) is 1. The molecule has 0 aromatic carbocycles. The van der Waals surface area contributed by atoms with Gasteiger partial charge in [0.1, 0.15) is 6.33 Å². The number of aromatic nitrogens is 4. The molecule has 0 bridgehead atoms. The van der Waals surface area contributed by atoms with Crippen LogP contribution in [0.3, 0.4) is 0 Å². The van der Waals surface area contributed by atoms with Crippen molar-refractivity contribution in [3.8, 4) is 0 Å². The maximum atomic E-state index is 12.8. The van der Waals surface area contributed by atoms with E-state index in [0.717, 1.165) is 6.07 Å². The van der Waals surface area contributed by atoms with E-state index in [4.69, 9.17) is 0 Å². The first kappa shape index (κ1) is 11.2. The fourth-order valence-electron chi connectivity index (χ4n) is 1.27. The van der Waals surface area contributed by atoms with E-state index in [0.29, 0.717) is 5.82 Å². The van der Waals surface area contributed by atoms with Gasteiger partial charge in [0, 0.05) is 24.9 Å². The van der Waals surface area contributed by atoms with E-state index in [2.05, 4.69) is 20.5 Å². The van der Waals surface area contributed by atoms with Crippen molar-refractivity contribution in [3.05, 3.63) is 42.0 Å². The molecule has 0 saturated carbocycles. The minimum atomic E-state index is -0.684. The van der Waals surface area contributed by atoms with Crippen molar-refractivity contribution in [2.75, 3.05) is 0 Å². The number of aryl methyl sites for hydroxylation is 1. The molecule has 0 aliphatic carbocycles. The summed E-state index contributed by atoms with van der Waals surface area (Å²) in [7, 11) is 1.77. The summed E-state index contributed by atoms with van der Waals surface area (Å²) < 4.78 is 14.5. The van der Waals surface area contributed by atoms with Crippen LogP contribution < -0.4 is 5.32 Å². The molecule has 0 saturated heterocycles. The first-order chi connectivity index (χ1) is 8.16. The van der Waals surface area contributed by atoms with Crippen LogP contribution in [0.2, 0.25) is 0 Å². The van der Waals surface area contributed by atoms with Crippen molar-refractivity contribution in [1.82, 2.24) is 25.1 Å². The zero-order chi connectivity index (χ0) is 12.3. The number of nitrogens with zero attached hydrogens (tertiary/aromatic N) is 4. The van der Waals surface area contributed by atoms with Gasteiger partial charge in [0.05, 0.1) is 6.54 Å². The molecule has 2 heterocycles. The Kier molecular flexibility index (Phi) is 3.08. The van der Waals surface area contributed by atoms with E-state index < -0.39 is 5.95 Å². The topological polar surface area (TPSA) is 72.7 Å². The van der Waals surface area contributed by atoms with Crippen LogP contribution in [0.5, 0.6) is 0 Å². The molecule has 2 aromatic heterocycles. The van der Waals surface area contributed by atoms with E-state index in [-0.39, 0.29) is 18.0 Å². The van der Waals surface area contributed by atoms with Crippen molar-refractivity contribution in [2.24, 2.45) is 7.05 Å². The fourth-order valence-corrected chi connectivity index (χ4v) is 1.27. The quantitative estimate of drug-likeness (QED) is 0.775. The normalized spacial score (nSPS) is 10.2. The number of rotatable bonds is 3. The van der Waals surface area contributed by atoms with Crippen LogP contribution in [0.25, 0.3) is 0 Å². The highest BCUT2D eigenvalue weighted by molar-refractivity contribution is 5.93. The fraction of sp³-hybridized carbons (Fsp3) is 0.200. The van der Waals surface area contributed by atoms with Gasteiger partial charge in [-0.05, 0) is 6.07 Å². The molecule has 1 amide bonds. The Morgan fingerprint density at radius 3 is 3.06 bits per heavy atom. The second kappa shape index (κ2) is 4.69. The molecule has 2 aromatic rings. The van der Waals surface area contributed by atoms with Crippen LogP contribution in [0, 0.1) is 5.95 Å². The van der Waals surface area contributed by atoms with Crippen LogP contribution in [0.4, 0.5) is 4.39 Å². The summed E-state index contributed by atoms with van der Waals surface area (Å²) >= 11 is 0. The molecule has 1 N–H and O–H groups in total. The lowest BCUT2D eigenvalue weighted by Gasteiger charge is -2.04. The van der Waals surface area contributed by atoms with Gasteiger partial charge in [0.25, 0.3) is 5.91 Å². The summed E-state index contributed by atoms with van der Waals surface area (Å²) in [5, 5.41) is 10.1. The van der Waals surface area contributed by atoms with Crippen molar-refractivity contribution in [1.29, 1.82) is 0 Å². The molecular formula is C10H10FN5O. The van der Waals surface area contributed by atoms with Gasteiger partial charge in [-0.15, -0.1) is 10.2 Å². The predicted molar refractivity (Wildman–Crippen MR) is 56.4 cm³/mol. The highest BCUT2D eigenvalue weighted by Gasteiger charge is 2.08. The van der Waals surface area contributed by atoms with E-state index >= 15 is 0 Å². The zero-order valence-corrected chi connectivity index (χ0v) is 9.09. The monoisotopic (exact) mass is 235 g/mol. The lowest BCUT2D eigenvalue weighted by Crippen LogP contribution is -2.24. The number of hydrogen-bond acceptors (Lipinski definition) is 4. The number of pyridine rings is 1. The smallest absolute Gasteiger partial charge is 0.251 e. The molecule has 0 fully saturated rings. The Balaban J connectivity index is 2.01. The Labute approximate surface area is 96.5 Å². The van der Waals surface area contributed by atoms with Gasteiger partial charge in [0.15, 0.2) is 5.82 Å². The molecule has 6 nitrogen and oxygen atoms in total. The first-order valence-corrected chi connectivity index (χ1v) is 4.89. The first-order valence-electron chi connectivity index (χ1n) is 4.89. The average molecular weight is 235 g/mol. The third-order valence-corrected chi connectivity index (χ3v) is 2.20. The van der Waals surface area contributed by atoms with Crippen molar-refractivity contribution >= 4 is 5.91 Å². The second-order valence-corrected chi connectivity index (χ2v) is 3.41. The molecular weight excluding hydrogens is 225 g/mol. The molecule has 0 radical (unpaired) electrons. The summed E-state index contributed by atoms with van der Waals surface area (Å²) in [6.07, 6.45) is 2.78. The van der Waals surface area contributed by atoms with Crippen molar-refractivity contribution in [2.45, 2.75) is 6.54 Å². The van der Waals surface area contributed by atoms with Crippen LogP contribution in [0.1, 0.15) is 16.2 Å². The summed E-state index contributed by atoms with van der Waals surface area (Å²) in [4.78, 5) is 15.0. The van der Waals surface area contributed by atoms with Gasteiger partial charge in [-0.2, -0.15) is 4.39 Å². The maximum absolute atomic E-state index is 12.8. The third-order valence-electron chi connectivity index (χ3n) is 2.20. The van der Waals surface area contributed by atoms with Gasteiger partial charge in [-0.3, -0.25) is 4.79 Å². The summed E-state index contributed by atoms with van der Waals surface area (Å²) in [5.74, 6) is -0.446. The molecule has 0 aliphatic rings. The molecule has 0 aliphatic heterocycles. The Morgan fingerprint density at radius 1 is 1.59 bits per heavy atom. The van der Waals surface area contributed by atoms with Gasteiger partial charge in [-0.25, -0.2) is 4.98 Å². The maximum Gasteiger partial charge on any atom is 0.251 e. The number of amides is 1. The van der Waals surface area contributed by atoms with E-state index in [1.165, 1.54) is 18.6 Å². The summed E-state index contributed by atoms with van der Waals surface area (Å²) in [6.45, 7) is 0.235. The van der Waals surface area contributed by atoms with Crippen molar-refractivity contribution < 1.29 is 9.18 Å². The zero-order valence-electron chi connectivity index (χ0n) is 9.09. The van der Waals surface area contributed by atoms with Gasteiger partial charge in [0.2, 0.25) is 5.95 Å². The Morgan fingerprint density at radius 2 is 2.41 bits per heavy atom. The largest absolute Gasteiger partial charge is 0.345 e. The van der Waals surface area contributed by atoms with Crippen LogP contribution in [-0.4, -0.2) is 25.7 Å². The lowest BCUT2D eigenvalue weighted by molar-refractivity contribution is 0.0949. The Bertz CT molecular complexity index is 539. The molecule has 0 atom stereocenters. The number of halogens is 1.